The molecule has 18 heavy (non-hydrogen) atoms. The first-order valence-electron chi connectivity index (χ1n) is 5.09. The first-order chi connectivity index (χ1) is 8.45. The molecule has 1 aromatic heterocycles. The third-order valence-corrected chi connectivity index (χ3v) is 2.72. The van der Waals surface area contributed by atoms with E-state index in [-0.39, 0.29) is 0 Å². The normalized spacial score (nSPS) is 31.8. The summed E-state index contributed by atoms with van der Waals surface area (Å²) in [6, 6.07) is 0. The van der Waals surface area contributed by atoms with Gasteiger partial charge in [0.1, 0.15) is 18.3 Å². The van der Waals surface area contributed by atoms with Crippen molar-refractivity contribution < 1.29 is 24.4 Å². The van der Waals surface area contributed by atoms with Gasteiger partial charge in [0.25, 0.3) is 5.56 Å². The van der Waals surface area contributed by atoms with Crippen LogP contribution in [0.25, 0.3) is 0 Å². The van der Waals surface area contributed by atoms with Crippen molar-refractivity contribution in [1.29, 1.82) is 0 Å². The zero-order valence-corrected chi connectivity index (χ0v) is 8.99. The SMILES string of the molecule is O=c1[nH]c(=O)n([C@H]2O[C@H](CO)[C@@H](O)[C@@H]2O)cc1F. The van der Waals surface area contributed by atoms with E-state index in [2.05, 4.69) is 0 Å². The van der Waals surface area contributed by atoms with E-state index in [1.54, 1.807) is 4.98 Å². The molecule has 0 aromatic carbocycles. The predicted octanol–water partition coefficient (Wildman–Crippen LogP) is -2.71. The van der Waals surface area contributed by atoms with Gasteiger partial charge in [-0.2, -0.15) is 4.39 Å². The number of aliphatic hydroxyl groups is 3. The van der Waals surface area contributed by atoms with Crippen molar-refractivity contribution in [2.45, 2.75) is 24.5 Å². The van der Waals surface area contributed by atoms with E-state index in [1.807, 2.05) is 0 Å². The molecule has 1 aliphatic rings. The molecule has 0 spiro atoms. The number of nitrogens with zero attached hydrogens (tertiary/aromatic N) is 1. The summed E-state index contributed by atoms with van der Waals surface area (Å²) in [5.74, 6) is -1.23. The maximum Gasteiger partial charge on any atom is 0.330 e. The van der Waals surface area contributed by atoms with Gasteiger partial charge in [-0.15, -0.1) is 0 Å². The Hall–Kier alpha value is -1.55. The van der Waals surface area contributed by atoms with Gasteiger partial charge >= 0.3 is 5.69 Å². The topological polar surface area (TPSA) is 125 Å². The summed E-state index contributed by atoms with van der Waals surface area (Å²) in [5, 5.41) is 28.0. The minimum absolute atomic E-state index is 0.571. The van der Waals surface area contributed by atoms with Crippen molar-refractivity contribution in [2.24, 2.45) is 0 Å². The molecule has 2 rings (SSSR count). The van der Waals surface area contributed by atoms with Gasteiger partial charge in [-0.25, -0.2) is 4.79 Å². The molecule has 8 nitrogen and oxygen atoms in total. The van der Waals surface area contributed by atoms with Gasteiger partial charge in [0, 0.05) is 0 Å². The molecule has 0 bridgehead atoms. The Labute approximate surface area is 98.9 Å². The Morgan fingerprint density at radius 3 is 2.61 bits per heavy atom. The molecule has 1 saturated heterocycles. The van der Waals surface area contributed by atoms with Crippen LogP contribution in [0.5, 0.6) is 0 Å². The van der Waals surface area contributed by atoms with E-state index < -0.39 is 48.2 Å². The molecule has 4 atom stereocenters. The molecule has 1 aliphatic heterocycles. The number of hydrogen-bond donors (Lipinski definition) is 4. The van der Waals surface area contributed by atoms with E-state index in [4.69, 9.17) is 9.84 Å². The van der Waals surface area contributed by atoms with Crippen molar-refractivity contribution in [1.82, 2.24) is 9.55 Å². The second-order valence-corrected chi connectivity index (χ2v) is 3.87. The number of halogens is 1. The molecule has 0 amide bonds. The van der Waals surface area contributed by atoms with Gasteiger partial charge < -0.3 is 20.1 Å². The smallest absolute Gasteiger partial charge is 0.330 e. The van der Waals surface area contributed by atoms with E-state index in [0.717, 1.165) is 0 Å². The van der Waals surface area contributed by atoms with Crippen LogP contribution in [0, 0.1) is 5.82 Å². The molecular formula is C9H11FN2O6. The van der Waals surface area contributed by atoms with Crippen LogP contribution in [0.1, 0.15) is 6.23 Å². The summed E-state index contributed by atoms with van der Waals surface area (Å²) in [6.07, 6.45) is -4.84. The molecule has 100 valence electrons. The third-order valence-electron chi connectivity index (χ3n) is 2.72. The lowest BCUT2D eigenvalue weighted by Crippen LogP contribution is -2.38. The number of aromatic nitrogens is 2. The van der Waals surface area contributed by atoms with Gasteiger partial charge in [-0.05, 0) is 0 Å². The predicted molar refractivity (Wildman–Crippen MR) is 54.3 cm³/mol. The molecule has 1 fully saturated rings. The monoisotopic (exact) mass is 262 g/mol. The minimum atomic E-state index is -1.52. The molecule has 2 heterocycles. The van der Waals surface area contributed by atoms with E-state index in [1.165, 1.54) is 0 Å². The molecule has 1 aromatic rings. The number of hydrogen-bond acceptors (Lipinski definition) is 6. The second-order valence-electron chi connectivity index (χ2n) is 3.87. The Bertz CT molecular complexity index is 555. The van der Waals surface area contributed by atoms with Gasteiger partial charge in [-0.1, -0.05) is 0 Å². The van der Waals surface area contributed by atoms with E-state index in [0.29, 0.717) is 10.8 Å². The quantitative estimate of drug-likeness (QED) is 0.459. The number of ether oxygens (including phenoxy) is 1. The van der Waals surface area contributed by atoms with Crippen molar-refractivity contribution in [3.8, 4) is 0 Å². The van der Waals surface area contributed by atoms with Crippen LogP contribution in [0.3, 0.4) is 0 Å². The molecule has 0 saturated carbocycles. The highest BCUT2D eigenvalue weighted by Gasteiger charge is 2.43. The van der Waals surface area contributed by atoms with Crippen molar-refractivity contribution >= 4 is 0 Å². The van der Waals surface area contributed by atoms with Gasteiger partial charge in [0.2, 0.25) is 5.82 Å². The van der Waals surface area contributed by atoms with Crippen LogP contribution < -0.4 is 11.2 Å². The minimum Gasteiger partial charge on any atom is -0.394 e. The maximum absolute atomic E-state index is 13.1. The maximum atomic E-state index is 13.1. The summed E-state index contributed by atoms with van der Waals surface area (Å²) in [6.45, 7) is -0.574. The van der Waals surface area contributed by atoms with E-state index in [9.17, 15) is 24.2 Å². The number of aromatic amines is 1. The number of rotatable bonds is 2. The van der Waals surface area contributed by atoms with Gasteiger partial charge in [0.15, 0.2) is 6.23 Å². The third kappa shape index (κ3) is 1.97. The van der Waals surface area contributed by atoms with Crippen molar-refractivity contribution in [2.75, 3.05) is 6.61 Å². The van der Waals surface area contributed by atoms with Crippen LogP contribution >= 0.6 is 0 Å². The van der Waals surface area contributed by atoms with Crippen LogP contribution in [-0.4, -0.2) is 49.8 Å². The van der Waals surface area contributed by atoms with Crippen LogP contribution in [0.4, 0.5) is 4.39 Å². The Kier molecular flexibility index (Phi) is 3.30. The molecule has 0 aliphatic carbocycles. The zero-order chi connectivity index (χ0) is 13.4. The lowest BCUT2D eigenvalue weighted by atomic mass is 10.1. The standard InChI is InChI=1S/C9H11FN2O6/c10-3-1-12(9(17)11-7(3)16)8-6(15)5(14)4(2-13)18-8/h1,4-6,8,13-15H,2H2,(H,11,16,17)/t4-,5-,6+,8+/m1/s1. The molecule has 9 heteroatoms. The molecule has 0 unspecified atom stereocenters. The Morgan fingerprint density at radius 1 is 1.39 bits per heavy atom. The highest BCUT2D eigenvalue weighted by atomic mass is 19.1. The number of nitrogens with one attached hydrogen (secondary N) is 1. The molecule has 0 radical (unpaired) electrons. The van der Waals surface area contributed by atoms with Crippen molar-refractivity contribution in [3.63, 3.8) is 0 Å². The molecule has 4 N–H and O–H groups in total. The summed E-state index contributed by atoms with van der Waals surface area (Å²) in [4.78, 5) is 24.0. The summed E-state index contributed by atoms with van der Waals surface area (Å²) < 4.78 is 18.7. The lowest BCUT2D eigenvalue weighted by Gasteiger charge is -2.16. The zero-order valence-electron chi connectivity index (χ0n) is 8.99. The first kappa shape index (κ1) is 12.9. The highest BCUT2D eigenvalue weighted by Crippen LogP contribution is 2.27. The average molecular weight is 262 g/mol. The number of H-pyrrole nitrogens is 1. The molecular weight excluding hydrogens is 251 g/mol. The Morgan fingerprint density at radius 2 is 2.06 bits per heavy atom. The summed E-state index contributed by atoms with van der Waals surface area (Å²) >= 11 is 0. The van der Waals surface area contributed by atoms with Crippen LogP contribution in [-0.2, 0) is 4.74 Å². The first-order valence-corrected chi connectivity index (χ1v) is 5.09. The summed E-state index contributed by atoms with van der Waals surface area (Å²) in [5.41, 5.74) is -2.18. The fourth-order valence-electron chi connectivity index (χ4n) is 1.76. The fourth-order valence-corrected chi connectivity index (χ4v) is 1.76. The largest absolute Gasteiger partial charge is 0.394 e. The van der Waals surface area contributed by atoms with Crippen molar-refractivity contribution in [3.05, 3.63) is 32.9 Å². The number of aliphatic hydroxyl groups excluding tert-OH is 3. The Balaban J connectivity index is 2.42. The second kappa shape index (κ2) is 4.61. The van der Waals surface area contributed by atoms with Crippen LogP contribution in [0.2, 0.25) is 0 Å². The average Bonchev–Trinajstić information content (AvgIpc) is 2.61. The lowest BCUT2D eigenvalue weighted by molar-refractivity contribution is -0.0554. The van der Waals surface area contributed by atoms with Gasteiger partial charge in [-0.3, -0.25) is 14.3 Å². The van der Waals surface area contributed by atoms with Gasteiger partial charge in [0.05, 0.1) is 12.8 Å². The van der Waals surface area contributed by atoms with Crippen LogP contribution in [0.15, 0.2) is 15.8 Å². The summed E-state index contributed by atoms with van der Waals surface area (Å²) in [7, 11) is 0. The van der Waals surface area contributed by atoms with E-state index >= 15 is 0 Å². The highest BCUT2D eigenvalue weighted by molar-refractivity contribution is 4.94. The fraction of sp³-hybridized carbons (Fsp3) is 0.556.